The fourth-order valence-electron chi connectivity index (χ4n) is 7.48. The van der Waals surface area contributed by atoms with Gasteiger partial charge in [-0.05, 0) is 38.5 Å². The number of unbranched alkanes of at least 4 members (excludes halogenated alkanes) is 32. The summed E-state index contributed by atoms with van der Waals surface area (Å²) in [5, 5.41) is 0. The molecular weight excluding hydrogens is 786 g/mol. The Labute approximate surface area is 377 Å². The van der Waals surface area contributed by atoms with E-state index in [4.69, 9.17) is 18.5 Å². The van der Waals surface area contributed by atoms with Gasteiger partial charge in [0.1, 0.15) is 19.8 Å². The van der Waals surface area contributed by atoms with E-state index in [-0.39, 0.29) is 32.0 Å². The summed E-state index contributed by atoms with van der Waals surface area (Å²) < 4.78 is 34.0. The largest absolute Gasteiger partial charge is 0.756 e. The lowest BCUT2D eigenvalue weighted by atomic mass is 10.0. The van der Waals surface area contributed by atoms with Gasteiger partial charge in [0, 0.05) is 12.8 Å². The van der Waals surface area contributed by atoms with Gasteiger partial charge >= 0.3 is 11.9 Å². The summed E-state index contributed by atoms with van der Waals surface area (Å²) in [4.78, 5) is 37.7. The molecule has 0 aromatic carbocycles. The Morgan fingerprint density at radius 3 is 1.21 bits per heavy atom. The topological polar surface area (TPSA) is 111 Å². The van der Waals surface area contributed by atoms with E-state index in [1.54, 1.807) is 0 Å². The van der Waals surface area contributed by atoms with Crippen molar-refractivity contribution in [2.45, 2.75) is 258 Å². The zero-order chi connectivity index (χ0) is 45.0. The molecule has 0 heterocycles. The van der Waals surface area contributed by atoms with Gasteiger partial charge in [0.25, 0.3) is 7.82 Å². The number of esters is 2. The van der Waals surface area contributed by atoms with Gasteiger partial charge in [0.15, 0.2) is 6.10 Å². The molecule has 0 saturated carbocycles. The maximum absolute atomic E-state index is 12.7. The van der Waals surface area contributed by atoms with E-state index in [0.717, 1.165) is 51.4 Å². The zero-order valence-electron chi connectivity index (χ0n) is 40.9. The number of rotatable bonds is 48. The number of nitrogens with zero attached hydrogens (tertiary/aromatic N) is 1. The molecule has 0 saturated heterocycles. The van der Waals surface area contributed by atoms with E-state index >= 15 is 0 Å². The molecule has 0 aliphatic heterocycles. The lowest BCUT2D eigenvalue weighted by molar-refractivity contribution is -0.870. The van der Waals surface area contributed by atoms with Crippen LogP contribution in [0.1, 0.15) is 251 Å². The van der Waals surface area contributed by atoms with E-state index in [1.807, 2.05) is 21.1 Å². The molecule has 362 valence electrons. The number of quaternary nitrogens is 1. The van der Waals surface area contributed by atoms with E-state index in [2.05, 4.69) is 26.0 Å². The van der Waals surface area contributed by atoms with Gasteiger partial charge in [0.2, 0.25) is 0 Å². The minimum Gasteiger partial charge on any atom is -0.756 e. The summed E-state index contributed by atoms with van der Waals surface area (Å²) in [5.74, 6) is -0.830. The average molecular weight is 886 g/mol. The second-order valence-corrected chi connectivity index (χ2v) is 20.3. The molecule has 0 radical (unpaired) electrons. The van der Waals surface area contributed by atoms with Crippen LogP contribution in [-0.4, -0.2) is 70.0 Å². The number of phosphoric acid groups is 1. The summed E-state index contributed by atoms with van der Waals surface area (Å²) in [5.41, 5.74) is 0. The lowest BCUT2D eigenvalue weighted by Gasteiger charge is -2.28. The quantitative estimate of drug-likeness (QED) is 0.0195. The van der Waals surface area contributed by atoms with Crippen LogP contribution in [0, 0.1) is 0 Å². The number of allylic oxidation sites excluding steroid dienone is 2. The highest BCUT2D eigenvalue weighted by Crippen LogP contribution is 2.38. The first-order valence-corrected chi connectivity index (χ1v) is 27.4. The van der Waals surface area contributed by atoms with Gasteiger partial charge in [-0.25, -0.2) is 0 Å². The van der Waals surface area contributed by atoms with Gasteiger partial charge < -0.3 is 27.9 Å². The van der Waals surface area contributed by atoms with E-state index in [0.29, 0.717) is 17.4 Å². The Bertz CT molecular complexity index is 1050. The van der Waals surface area contributed by atoms with Gasteiger partial charge in [-0.3, -0.25) is 14.2 Å². The molecule has 2 atom stereocenters. The van der Waals surface area contributed by atoms with E-state index in [1.165, 1.54) is 167 Å². The number of likely N-dealkylation sites (N-methyl/N-ethyl adjacent to an activating group) is 1. The first kappa shape index (κ1) is 59.8. The van der Waals surface area contributed by atoms with Crippen LogP contribution in [0.4, 0.5) is 0 Å². The molecule has 0 bridgehead atoms. The number of phosphoric ester groups is 1. The number of ether oxygens (including phenoxy) is 2. The number of hydrogen-bond acceptors (Lipinski definition) is 8. The number of hydrogen-bond donors (Lipinski definition) is 0. The standard InChI is InChI=1S/C51H100NO8P/c1-6-8-10-12-14-16-18-20-22-23-24-25-26-27-28-29-30-32-33-35-37-39-41-43-50(53)57-47-49(48-59-61(55,56)58-46-45-52(3,4)5)60-51(54)44-42-40-38-36-34-31-21-19-17-15-13-11-9-7-2/h19,21,49H,6-18,20,22-48H2,1-5H3/b21-19-. The van der Waals surface area contributed by atoms with Crippen LogP contribution in [0.25, 0.3) is 0 Å². The highest BCUT2D eigenvalue weighted by atomic mass is 31.2. The Morgan fingerprint density at radius 1 is 0.492 bits per heavy atom. The molecule has 0 N–H and O–H groups in total. The normalized spacial score (nSPS) is 13.5. The Morgan fingerprint density at radius 2 is 0.836 bits per heavy atom. The minimum absolute atomic E-state index is 0.0291. The van der Waals surface area contributed by atoms with Crippen molar-refractivity contribution < 1.29 is 42.1 Å². The monoisotopic (exact) mass is 886 g/mol. The summed E-state index contributed by atoms with van der Waals surface area (Å²) in [6, 6.07) is 0. The van der Waals surface area contributed by atoms with E-state index < -0.39 is 26.5 Å². The van der Waals surface area contributed by atoms with Gasteiger partial charge in [-0.15, -0.1) is 0 Å². The van der Waals surface area contributed by atoms with Crippen molar-refractivity contribution in [2.75, 3.05) is 47.5 Å². The second-order valence-electron chi connectivity index (χ2n) is 18.9. The molecule has 0 aromatic rings. The van der Waals surface area contributed by atoms with Crippen molar-refractivity contribution in [2.24, 2.45) is 0 Å². The maximum Gasteiger partial charge on any atom is 0.306 e. The first-order valence-electron chi connectivity index (χ1n) is 25.9. The first-order chi connectivity index (χ1) is 29.5. The van der Waals surface area contributed by atoms with Crippen LogP contribution in [0.5, 0.6) is 0 Å². The third-order valence-corrected chi connectivity index (χ3v) is 12.5. The number of carbonyl (C=O) groups excluding carboxylic acids is 2. The van der Waals surface area contributed by atoms with Crippen LogP contribution >= 0.6 is 7.82 Å². The van der Waals surface area contributed by atoms with Crippen molar-refractivity contribution in [3.63, 3.8) is 0 Å². The highest BCUT2D eigenvalue weighted by Gasteiger charge is 2.21. The fourth-order valence-corrected chi connectivity index (χ4v) is 8.20. The van der Waals surface area contributed by atoms with Crippen LogP contribution in [0.3, 0.4) is 0 Å². The number of carbonyl (C=O) groups is 2. The van der Waals surface area contributed by atoms with Crippen LogP contribution in [0.15, 0.2) is 12.2 Å². The Hall–Kier alpha value is -1.25. The van der Waals surface area contributed by atoms with Crippen molar-refractivity contribution in [3.8, 4) is 0 Å². The summed E-state index contributed by atoms with van der Waals surface area (Å²) in [6.07, 6.45) is 48.2. The average Bonchev–Trinajstić information content (AvgIpc) is 3.21. The zero-order valence-corrected chi connectivity index (χ0v) is 41.8. The Balaban J connectivity index is 4.15. The van der Waals surface area contributed by atoms with Crippen molar-refractivity contribution >= 4 is 19.8 Å². The minimum atomic E-state index is -4.63. The SMILES string of the molecule is CCCCCCC/C=C\CCCCCCCC(=O)OC(COC(=O)CCCCCCCCCCCCCCCCCCCCCCCCC)COP(=O)([O-])OCC[N+](C)(C)C. The smallest absolute Gasteiger partial charge is 0.306 e. The molecule has 0 rings (SSSR count). The molecular formula is C51H100NO8P. The molecule has 61 heavy (non-hydrogen) atoms. The van der Waals surface area contributed by atoms with E-state index in [9.17, 15) is 19.0 Å². The molecule has 0 aliphatic rings. The molecule has 10 heteroatoms. The predicted octanol–water partition coefficient (Wildman–Crippen LogP) is 14.7. The third kappa shape index (κ3) is 48.1. The van der Waals surface area contributed by atoms with Crippen molar-refractivity contribution in [1.82, 2.24) is 0 Å². The summed E-state index contributed by atoms with van der Waals surface area (Å²) in [7, 11) is 1.17. The fraction of sp³-hybridized carbons (Fsp3) is 0.922. The third-order valence-electron chi connectivity index (χ3n) is 11.5. The van der Waals surface area contributed by atoms with Crippen molar-refractivity contribution in [1.29, 1.82) is 0 Å². The summed E-state index contributed by atoms with van der Waals surface area (Å²) >= 11 is 0. The van der Waals surface area contributed by atoms with Gasteiger partial charge in [0.05, 0.1) is 27.7 Å². The molecule has 0 spiro atoms. The van der Waals surface area contributed by atoms with Gasteiger partial charge in [-0.2, -0.15) is 0 Å². The molecule has 2 unspecified atom stereocenters. The second kappa shape index (κ2) is 44.0. The highest BCUT2D eigenvalue weighted by molar-refractivity contribution is 7.45. The molecule has 0 aromatic heterocycles. The molecule has 0 fully saturated rings. The molecule has 0 amide bonds. The summed E-state index contributed by atoms with van der Waals surface area (Å²) in [6.45, 7) is 4.25. The molecule has 0 aliphatic carbocycles. The van der Waals surface area contributed by atoms with Gasteiger partial charge in [-0.1, -0.05) is 212 Å². The van der Waals surface area contributed by atoms with Crippen LogP contribution < -0.4 is 4.89 Å². The van der Waals surface area contributed by atoms with Crippen molar-refractivity contribution in [3.05, 3.63) is 12.2 Å². The van der Waals surface area contributed by atoms with Crippen LogP contribution in [0.2, 0.25) is 0 Å². The molecule has 9 nitrogen and oxygen atoms in total. The maximum atomic E-state index is 12.7. The lowest BCUT2D eigenvalue weighted by Crippen LogP contribution is -2.37. The Kier molecular flexibility index (Phi) is 43.1. The predicted molar refractivity (Wildman–Crippen MR) is 255 cm³/mol. The van der Waals surface area contributed by atoms with Crippen LogP contribution in [-0.2, 0) is 32.7 Å².